The molecule has 0 radical (unpaired) electrons. The molecule has 0 fully saturated rings. The lowest BCUT2D eigenvalue weighted by Gasteiger charge is -2.33. The van der Waals surface area contributed by atoms with Gasteiger partial charge in [0.2, 0.25) is 21.8 Å². The number of fused-ring (bicyclic) bond motifs is 1. The fourth-order valence-corrected chi connectivity index (χ4v) is 5.79. The average molecular weight is 602 g/mol. The Morgan fingerprint density at radius 1 is 1.26 bits per heavy atom. The maximum atomic E-state index is 13.4. The van der Waals surface area contributed by atoms with Gasteiger partial charge in [-0.1, -0.05) is 6.92 Å². The fraction of sp³-hybridized carbons (Fsp3) is 0.444. The molecule has 0 aliphatic carbocycles. The number of amides is 2. The first-order chi connectivity index (χ1) is 20.0. The number of anilines is 1. The van der Waals surface area contributed by atoms with Crippen molar-refractivity contribution in [1.82, 2.24) is 29.4 Å². The summed E-state index contributed by atoms with van der Waals surface area (Å²) in [5, 5.41) is 23.3. The number of nitrogens with zero attached hydrogens (tertiary/aromatic N) is 6. The Hall–Kier alpha value is -4.08. The van der Waals surface area contributed by atoms with Crippen molar-refractivity contribution in [2.45, 2.75) is 43.9 Å². The van der Waals surface area contributed by atoms with E-state index in [-0.39, 0.29) is 55.3 Å². The summed E-state index contributed by atoms with van der Waals surface area (Å²) in [6.07, 6.45) is 0.622. The molecular weight excluding hydrogens is 566 g/mol. The zero-order valence-electron chi connectivity index (χ0n) is 23.9. The Morgan fingerprint density at radius 3 is 2.64 bits per heavy atom. The lowest BCUT2D eigenvalue weighted by Crippen LogP contribution is -2.48. The van der Waals surface area contributed by atoms with E-state index in [4.69, 9.17) is 9.47 Å². The summed E-state index contributed by atoms with van der Waals surface area (Å²) in [5.41, 5.74) is 0.947. The van der Waals surface area contributed by atoms with Crippen LogP contribution in [-0.2, 0) is 32.6 Å². The molecule has 3 aromatic rings. The van der Waals surface area contributed by atoms with Crippen LogP contribution in [0.15, 0.2) is 53.7 Å². The molecule has 0 saturated heterocycles. The summed E-state index contributed by atoms with van der Waals surface area (Å²) in [5.74, 6) is 0.0240. The number of hydrogen-bond donors (Lipinski definition) is 2. The number of hydrogen-bond acceptors (Lipinski definition) is 10. The van der Waals surface area contributed by atoms with E-state index >= 15 is 0 Å². The van der Waals surface area contributed by atoms with E-state index in [2.05, 4.69) is 20.8 Å². The van der Waals surface area contributed by atoms with Gasteiger partial charge in [-0.15, -0.1) is 5.10 Å². The number of rotatable bonds is 10. The first kappa shape index (κ1) is 30.9. The number of aliphatic hydroxyl groups excluding tert-OH is 1. The smallest absolute Gasteiger partial charge is 0.246 e. The molecule has 2 heterocycles. The molecule has 2 amide bonds. The van der Waals surface area contributed by atoms with Gasteiger partial charge in [0.1, 0.15) is 30.5 Å². The number of likely N-dealkylation sites (N-methyl/N-ethyl adjacent to an activating group) is 1. The zero-order valence-corrected chi connectivity index (χ0v) is 24.7. The molecule has 0 unspecified atom stereocenters. The number of aliphatic hydroxyl groups is 1. The Balaban J connectivity index is 1.61. The number of tetrazole rings is 1. The summed E-state index contributed by atoms with van der Waals surface area (Å²) in [7, 11) is -0.887. The summed E-state index contributed by atoms with van der Waals surface area (Å²) < 4.78 is 40.8. The van der Waals surface area contributed by atoms with Gasteiger partial charge in [0.05, 0.1) is 37.6 Å². The zero-order chi connectivity index (χ0) is 30.4. The van der Waals surface area contributed by atoms with Crippen molar-refractivity contribution in [3.05, 3.63) is 54.4 Å². The Kier molecular flexibility index (Phi) is 9.75. The van der Waals surface area contributed by atoms with Crippen LogP contribution in [0.2, 0.25) is 0 Å². The van der Waals surface area contributed by atoms with Gasteiger partial charge in [-0.25, -0.2) is 13.1 Å². The molecule has 14 nitrogen and oxygen atoms in total. The van der Waals surface area contributed by atoms with Crippen LogP contribution in [0, 0.1) is 5.92 Å². The Bertz CT molecular complexity index is 1480. The van der Waals surface area contributed by atoms with Gasteiger partial charge in [-0.3, -0.25) is 9.59 Å². The molecule has 42 heavy (non-hydrogen) atoms. The molecule has 1 aliphatic heterocycles. The van der Waals surface area contributed by atoms with Crippen LogP contribution in [-0.4, -0.2) is 101 Å². The molecule has 1 aliphatic rings. The second kappa shape index (κ2) is 13.3. The van der Waals surface area contributed by atoms with Crippen molar-refractivity contribution in [3.8, 4) is 11.5 Å². The van der Waals surface area contributed by atoms with E-state index in [0.29, 0.717) is 22.7 Å². The summed E-state index contributed by atoms with van der Waals surface area (Å²) >= 11 is 0. The number of ether oxygens (including phenoxy) is 2. The monoisotopic (exact) mass is 601 g/mol. The third-order valence-corrected chi connectivity index (χ3v) is 8.94. The van der Waals surface area contributed by atoms with Crippen molar-refractivity contribution < 1.29 is 32.6 Å². The van der Waals surface area contributed by atoms with Gasteiger partial charge in [0.25, 0.3) is 0 Å². The lowest BCUT2D eigenvalue weighted by molar-refractivity contribution is -0.134. The molecule has 4 rings (SSSR count). The van der Waals surface area contributed by atoms with E-state index in [9.17, 15) is 23.1 Å². The van der Waals surface area contributed by atoms with Gasteiger partial charge in [0, 0.05) is 30.8 Å². The minimum absolute atomic E-state index is 0.00503. The van der Waals surface area contributed by atoms with Crippen LogP contribution in [0.4, 0.5) is 5.69 Å². The van der Waals surface area contributed by atoms with Crippen molar-refractivity contribution in [2.75, 3.05) is 39.2 Å². The van der Waals surface area contributed by atoms with Crippen molar-refractivity contribution in [2.24, 2.45) is 5.92 Å². The predicted molar refractivity (Wildman–Crippen MR) is 151 cm³/mol. The molecule has 3 atom stereocenters. The standard InChI is InChI=1S/C27H35N7O7S/c1-18-13-34(19(2)16-35)27(37)12-20-11-21(29-26(36)15-33-17-28-30-31-33)5-10-24(20)41-25(18)14-32(3)42(38,39)23-8-6-22(40-4)7-9-23/h5-11,17-19,25,35H,12-16H2,1-4H3,(H,29,36)/t18-,19-,25+/m0/s1. The molecular formula is C27H35N7O7S. The largest absolute Gasteiger partial charge is 0.497 e. The third-order valence-electron chi connectivity index (χ3n) is 7.10. The summed E-state index contributed by atoms with van der Waals surface area (Å²) in [6, 6.07) is 10.6. The number of carbonyl (C=O) groups is 2. The highest BCUT2D eigenvalue weighted by Gasteiger charge is 2.33. The number of carbonyl (C=O) groups excluding carboxylic acids is 2. The minimum atomic E-state index is -3.87. The number of nitrogens with one attached hydrogen (secondary N) is 1. The topological polar surface area (TPSA) is 169 Å². The molecule has 1 aromatic heterocycles. The van der Waals surface area contributed by atoms with Gasteiger partial charge in [0.15, 0.2) is 0 Å². The van der Waals surface area contributed by atoms with Gasteiger partial charge >= 0.3 is 0 Å². The van der Waals surface area contributed by atoms with E-state index in [1.54, 1.807) is 42.2 Å². The first-order valence-electron chi connectivity index (χ1n) is 13.3. The number of benzene rings is 2. The summed E-state index contributed by atoms with van der Waals surface area (Å²) in [4.78, 5) is 27.6. The highest BCUT2D eigenvalue weighted by atomic mass is 32.2. The van der Waals surface area contributed by atoms with Crippen LogP contribution in [0.3, 0.4) is 0 Å². The quantitative estimate of drug-likeness (QED) is 0.339. The lowest BCUT2D eigenvalue weighted by atomic mass is 10.0. The Labute approximate surface area is 244 Å². The summed E-state index contributed by atoms with van der Waals surface area (Å²) in [6.45, 7) is 3.52. The third kappa shape index (κ3) is 7.21. The van der Waals surface area contributed by atoms with Crippen LogP contribution >= 0.6 is 0 Å². The molecule has 226 valence electrons. The van der Waals surface area contributed by atoms with Crippen molar-refractivity contribution >= 4 is 27.5 Å². The van der Waals surface area contributed by atoms with Crippen molar-refractivity contribution in [3.63, 3.8) is 0 Å². The molecule has 2 N–H and O–H groups in total. The maximum Gasteiger partial charge on any atom is 0.246 e. The number of methoxy groups -OCH3 is 1. The molecule has 2 aromatic carbocycles. The maximum absolute atomic E-state index is 13.4. The fourth-order valence-electron chi connectivity index (χ4n) is 4.60. The van der Waals surface area contributed by atoms with Gasteiger partial charge in [-0.2, -0.15) is 4.31 Å². The van der Waals surface area contributed by atoms with E-state index < -0.39 is 22.2 Å². The van der Waals surface area contributed by atoms with Gasteiger partial charge < -0.3 is 24.8 Å². The number of aromatic nitrogens is 4. The first-order valence-corrected chi connectivity index (χ1v) is 14.8. The number of sulfonamides is 1. The van der Waals surface area contributed by atoms with Crippen LogP contribution in [0.25, 0.3) is 0 Å². The SMILES string of the molecule is COc1ccc(S(=O)(=O)N(C)C[C@H]2Oc3ccc(NC(=O)Cn4cnnn4)cc3CC(=O)N([C@@H](C)CO)C[C@@H]2C)cc1. The van der Waals surface area contributed by atoms with E-state index in [1.165, 1.54) is 41.6 Å². The van der Waals surface area contributed by atoms with Crippen LogP contribution in [0.1, 0.15) is 19.4 Å². The highest BCUT2D eigenvalue weighted by Crippen LogP contribution is 2.30. The second-order valence-corrected chi connectivity index (χ2v) is 12.3. The molecule has 0 bridgehead atoms. The van der Waals surface area contributed by atoms with Crippen LogP contribution in [0.5, 0.6) is 11.5 Å². The molecule has 0 spiro atoms. The molecule has 15 heteroatoms. The minimum Gasteiger partial charge on any atom is -0.497 e. The Morgan fingerprint density at radius 2 is 2.00 bits per heavy atom. The normalized spacial score (nSPS) is 18.3. The van der Waals surface area contributed by atoms with Gasteiger partial charge in [-0.05, 0) is 59.8 Å². The van der Waals surface area contributed by atoms with Crippen molar-refractivity contribution in [1.29, 1.82) is 0 Å². The van der Waals surface area contributed by atoms with Crippen LogP contribution < -0.4 is 14.8 Å². The average Bonchev–Trinajstić information content (AvgIpc) is 3.49. The highest BCUT2D eigenvalue weighted by molar-refractivity contribution is 7.89. The predicted octanol–water partition coefficient (Wildman–Crippen LogP) is 0.790. The second-order valence-electron chi connectivity index (χ2n) is 10.2. The van der Waals surface area contributed by atoms with E-state index in [0.717, 1.165) is 0 Å². The molecule has 0 saturated carbocycles. The van der Waals surface area contributed by atoms with E-state index in [1.807, 2.05) is 6.92 Å².